The van der Waals surface area contributed by atoms with Gasteiger partial charge in [0.15, 0.2) is 0 Å². The summed E-state index contributed by atoms with van der Waals surface area (Å²) in [5.41, 5.74) is 1.35. The van der Waals surface area contributed by atoms with E-state index in [9.17, 15) is 18.0 Å². The smallest absolute Gasteiger partial charge is 0.378 e. The van der Waals surface area contributed by atoms with Crippen molar-refractivity contribution in [3.63, 3.8) is 0 Å². The van der Waals surface area contributed by atoms with Gasteiger partial charge < -0.3 is 4.90 Å². The molecular weight excluding hydrogens is 371 g/mol. The Morgan fingerprint density at radius 1 is 1.07 bits per heavy atom. The molecule has 6 nitrogen and oxygen atoms in total. The lowest BCUT2D eigenvalue weighted by Crippen LogP contribution is -2.20. The minimum absolute atomic E-state index is 0.204. The lowest BCUT2D eigenvalue weighted by atomic mass is 10.1. The average Bonchev–Trinajstić information content (AvgIpc) is 3.11. The highest BCUT2D eigenvalue weighted by Crippen LogP contribution is 2.30. The first-order valence-corrected chi connectivity index (χ1v) is 8.40. The van der Waals surface area contributed by atoms with Crippen molar-refractivity contribution in [2.24, 2.45) is 7.05 Å². The fourth-order valence-electron chi connectivity index (χ4n) is 3.11. The second-order valence-electron chi connectivity index (χ2n) is 6.69. The summed E-state index contributed by atoms with van der Waals surface area (Å²) in [6.45, 7) is 0. The van der Waals surface area contributed by atoms with Crippen LogP contribution in [-0.4, -0.2) is 33.3 Å². The van der Waals surface area contributed by atoms with Gasteiger partial charge in [-0.2, -0.15) is 18.3 Å². The molecule has 0 radical (unpaired) electrons. The first-order valence-electron chi connectivity index (χ1n) is 8.40. The van der Waals surface area contributed by atoms with Crippen LogP contribution in [0.15, 0.2) is 47.4 Å². The number of benzene rings is 1. The van der Waals surface area contributed by atoms with Gasteiger partial charge in [0, 0.05) is 44.7 Å². The van der Waals surface area contributed by atoms with E-state index < -0.39 is 11.9 Å². The molecule has 9 heteroatoms. The molecule has 0 amide bonds. The van der Waals surface area contributed by atoms with Gasteiger partial charge in [-0.05, 0) is 30.3 Å². The number of anilines is 1. The highest BCUT2D eigenvalue weighted by Gasteiger charge is 2.32. The largest absolute Gasteiger partial charge is 0.433 e. The quantitative estimate of drug-likeness (QED) is 0.530. The maximum absolute atomic E-state index is 13.0. The average molecular weight is 387 g/mol. The molecule has 0 saturated heterocycles. The number of fused-ring (bicyclic) bond motifs is 3. The Labute approximate surface area is 157 Å². The standard InChI is InChI=1S/C19H16F3N5O/c1-25(2)12-4-5-13-15(9-12)27-17(26(3)18(13)28)10-14(24-27)11-6-7-23-16(8-11)19(20,21)22/h4-10H,1-3H3. The van der Waals surface area contributed by atoms with Crippen LogP contribution in [0, 0.1) is 0 Å². The maximum atomic E-state index is 13.0. The molecule has 0 aliphatic heterocycles. The molecule has 0 aliphatic carbocycles. The van der Waals surface area contributed by atoms with Crippen LogP contribution in [0.4, 0.5) is 18.9 Å². The molecule has 0 atom stereocenters. The van der Waals surface area contributed by atoms with Crippen LogP contribution < -0.4 is 10.5 Å². The van der Waals surface area contributed by atoms with Gasteiger partial charge in [-0.1, -0.05) is 0 Å². The third-order valence-electron chi connectivity index (χ3n) is 4.64. The number of rotatable bonds is 2. The number of halogens is 3. The molecule has 4 rings (SSSR count). The molecule has 3 heterocycles. The van der Waals surface area contributed by atoms with Crippen LogP contribution in [-0.2, 0) is 13.2 Å². The van der Waals surface area contributed by atoms with Crippen LogP contribution in [0.5, 0.6) is 0 Å². The monoisotopic (exact) mass is 387 g/mol. The normalized spacial score (nSPS) is 12.1. The molecule has 0 aliphatic rings. The van der Waals surface area contributed by atoms with Gasteiger partial charge in [0.05, 0.1) is 16.6 Å². The molecule has 0 fully saturated rings. The van der Waals surface area contributed by atoms with E-state index in [1.165, 1.54) is 10.6 Å². The molecule has 0 unspecified atom stereocenters. The molecule has 28 heavy (non-hydrogen) atoms. The third kappa shape index (κ3) is 2.79. The SMILES string of the molecule is CN(C)c1ccc2c(=O)n(C)c3cc(-c4ccnc(C(F)(F)F)c4)nn3c2c1. The van der Waals surface area contributed by atoms with E-state index >= 15 is 0 Å². The lowest BCUT2D eigenvalue weighted by molar-refractivity contribution is -0.141. The van der Waals surface area contributed by atoms with Gasteiger partial charge >= 0.3 is 6.18 Å². The number of alkyl halides is 3. The third-order valence-corrected chi connectivity index (χ3v) is 4.64. The molecule has 144 valence electrons. The van der Waals surface area contributed by atoms with E-state index in [2.05, 4.69) is 10.1 Å². The fourth-order valence-corrected chi connectivity index (χ4v) is 3.11. The van der Waals surface area contributed by atoms with Crippen molar-refractivity contribution in [1.29, 1.82) is 0 Å². The Morgan fingerprint density at radius 3 is 2.50 bits per heavy atom. The van der Waals surface area contributed by atoms with E-state index in [4.69, 9.17) is 0 Å². The second-order valence-corrected chi connectivity index (χ2v) is 6.69. The van der Waals surface area contributed by atoms with Gasteiger partial charge in [-0.3, -0.25) is 14.3 Å². The van der Waals surface area contributed by atoms with Gasteiger partial charge in [-0.15, -0.1) is 0 Å². The highest BCUT2D eigenvalue weighted by molar-refractivity contribution is 5.84. The zero-order chi connectivity index (χ0) is 20.2. The second kappa shape index (κ2) is 6.08. The topological polar surface area (TPSA) is 55.4 Å². The molecule has 0 spiro atoms. The molecule has 0 saturated carbocycles. The summed E-state index contributed by atoms with van der Waals surface area (Å²) in [6.07, 6.45) is -3.45. The number of hydrogen-bond acceptors (Lipinski definition) is 4. The van der Waals surface area contributed by atoms with Gasteiger partial charge in [-0.25, -0.2) is 4.52 Å². The fraction of sp³-hybridized carbons (Fsp3) is 0.211. The van der Waals surface area contributed by atoms with E-state index in [1.807, 2.05) is 31.1 Å². The van der Waals surface area contributed by atoms with Crippen LogP contribution in [0.2, 0.25) is 0 Å². The van der Waals surface area contributed by atoms with Crippen LogP contribution in [0.1, 0.15) is 5.69 Å². The maximum Gasteiger partial charge on any atom is 0.433 e. The first-order chi connectivity index (χ1) is 13.2. The molecule has 3 aromatic heterocycles. The molecule has 0 bridgehead atoms. The van der Waals surface area contributed by atoms with E-state index in [1.54, 1.807) is 23.7 Å². The van der Waals surface area contributed by atoms with Crippen molar-refractivity contribution in [3.05, 3.63) is 58.6 Å². The summed E-state index contributed by atoms with van der Waals surface area (Å²) in [7, 11) is 5.36. The molecular formula is C19H16F3N5O. The number of nitrogens with zero attached hydrogens (tertiary/aromatic N) is 5. The number of aryl methyl sites for hydroxylation is 1. The van der Waals surface area contributed by atoms with Crippen molar-refractivity contribution in [2.45, 2.75) is 6.18 Å². The summed E-state index contributed by atoms with van der Waals surface area (Å²) in [5, 5.41) is 4.95. The van der Waals surface area contributed by atoms with Crippen LogP contribution >= 0.6 is 0 Å². The van der Waals surface area contributed by atoms with Crippen LogP contribution in [0.3, 0.4) is 0 Å². The predicted molar refractivity (Wildman–Crippen MR) is 100 cm³/mol. The Hall–Kier alpha value is -3.36. The van der Waals surface area contributed by atoms with Crippen molar-refractivity contribution >= 4 is 22.2 Å². The summed E-state index contributed by atoms with van der Waals surface area (Å²) in [4.78, 5) is 18.0. The minimum atomic E-state index is -4.55. The highest BCUT2D eigenvalue weighted by atomic mass is 19.4. The summed E-state index contributed by atoms with van der Waals surface area (Å²) in [5.74, 6) is 0. The first kappa shape index (κ1) is 18.0. The van der Waals surface area contributed by atoms with E-state index in [0.717, 1.165) is 18.0 Å². The Kier molecular flexibility index (Phi) is 3.91. The minimum Gasteiger partial charge on any atom is -0.378 e. The van der Waals surface area contributed by atoms with Gasteiger partial charge in [0.2, 0.25) is 0 Å². The van der Waals surface area contributed by atoms with Crippen molar-refractivity contribution in [3.8, 4) is 11.3 Å². The summed E-state index contributed by atoms with van der Waals surface area (Å²) < 4.78 is 42.0. The number of aromatic nitrogens is 4. The van der Waals surface area contributed by atoms with Gasteiger partial charge in [0.1, 0.15) is 11.3 Å². The van der Waals surface area contributed by atoms with Crippen molar-refractivity contribution in [1.82, 2.24) is 19.2 Å². The van der Waals surface area contributed by atoms with E-state index in [0.29, 0.717) is 22.2 Å². The van der Waals surface area contributed by atoms with Crippen molar-refractivity contribution in [2.75, 3.05) is 19.0 Å². The Balaban J connectivity index is 2.01. The number of pyridine rings is 1. The predicted octanol–water partition coefficient (Wildman–Crippen LogP) is 3.33. The Bertz CT molecular complexity index is 1270. The van der Waals surface area contributed by atoms with Crippen LogP contribution in [0.25, 0.3) is 27.8 Å². The zero-order valence-electron chi connectivity index (χ0n) is 15.3. The molecule has 4 aromatic rings. The summed E-state index contributed by atoms with van der Waals surface area (Å²) >= 11 is 0. The Morgan fingerprint density at radius 2 is 1.82 bits per heavy atom. The molecule has 1 aromatic carbocycles. The molecule has 0 N–H and O–H groups in total. The lowest BCUT2D eigenvalue weighted by Gasteiger charge is -2.14. The number of hydrogen-bond donors (Lipinski definition) is 0. The van der Waals surface area contributed by atoms with E-state index in [-0.39, 0.29) is 11.1 Å². The summed E-state index contributed by atoms with van der Waals surface area (Å²) in [6, 6.07) is 9.39. The zero-order valence-corrected chi connectivity index (χ0v) is 15.3. The van der Waals surface area contributed by atoms with Gasteiger partial charge in [0.25, 0.3) is 5.56 Å². The van der Waals surface area contributed by atoms with Crippen molar-refractivity contribution < 1.29 is 13.2 Å².